The summed E-state index contributed by atoms with van der Waals surface area (Å²) in [6, 6.07) is 9.05. The molecule has 0 saturated carbocycles. The predicted octanol–water partition coefficient (Wildman–Crippen LogP) is 4.22. The number of halogens is 2. The van der Waals surface area contributed by atoms with Gasteiger partial charge in [0.05, 0.1) is 18.9 Å². The first kappa shape index (κ1) is 21.9. The molecule has 0 aromatic heterocycles. The smallest absolute Gasteiger partial charge is 0.270 e. The van der Waals surface area contributed by atoms with E-state index in [1.807, 2.05) is 13.8 Å². The molecular weight excluding hydrogens is 475 g/mol. The van der Waals surface area contributed by atoms with E-state index in [9.17, 15) is 14.0 Å². The summed E-state index contributed by atoms with van der Waals surface area (Å²) in [5.41, 5.74) is 0.278. The molecule has 1 N–H and O–H groups in total. The summed E-state index contributed by atoms with van der Waals surface area (Å²) in [5.74, 6) is -1.03. The minimum atomic E-state index is -0.729. The molecule has 0 spiro atoms. The van der Waals surface area contributed by atoms with Crippen LogP contribution in [-0.4, -0.2) is 30.1 Å². The van der Waals surface area contributed by atoms with Crippen molar-refractivity contribution >= 4 is 56.8 Å². The summed E-state index contributed by atoms with van der Waals surface area (Å²) >= 11 is 8.53. The van der Waals surface area contributed by atoms with Crippen molar-refractivity contribution in [3.63, 3.8) is 0 Å². The average molecular weight is 493 g/mol. The molecule has 1 saturated heterocycles. The number of nitrogens with one attached hydrogen (secondary N) is 1. The first-order valence-corrected chi connectivity index (χ1v) is 10.3. The molecule has 0 atom stereocenters. The topological polar surface area (TPSA) is 67.9 Å². The fourth-order valence-corrected chi connectivity index (χ4v) is 3.57. The van der Waals surface area contributed by atoms with Crippen molar-refractivity contribution in [2.45, 2.75) is 13.8 Å². The Morgan fingerprint density at radius 1 is 1.13 bits per heavy atom. The van der Waals surface area contributed by atoms with Crippen molar-refractivity contribution in [3.05, 3.63) is 57.8 Å². The molecule has 9 heteroatoms. The molecule has 3 rings (SSSR count). The van der Waals surface area contributed by atoms with E-state index in [4.69, 9.17) is 21.7 Å². The minimum Gasteiger partial charge on any atom is -0.490 e. The number of nitrogens with zero attached hydrogens (tertiary/aromatic N) is 1. The maximum absolute atomic E-state index is 14.3. The van der Waals surface area contributed by atoms with Gasteiger partial charge in [-0.3, -0.25) is 14.9 Å². The summed E-state index contributed by atoms with van der Waals surface area (Å²) < 4.78 is 26.0. The van der Waals surface area contributed by atoms with Crippen LogP contribution in [0.3, 0.4) is 0 Å². The van der Waals surface area contributed by atoms with E-state index >= 15 is 0 Å². The largest absolute Gasteiger partial charge is 0.490 e. The molecular formula is C21H18BrFN2O4S. The van der Waals surface area contributed by atoms with E-state index in [1.165, 1.54) is 24.3 Å². The van der Waals surface area contributed by atoms with Gasteiger partial charge < -0.3 is 9.47 Å². The van der Waals surface area contributed by atoms with E-state index in [1.54, 1.807) is 18.2 Å². The third-order valence-electron chi connectivity index (χ3n) is 4.16. The van der Waals surface area contributed by atoms with Crippen molar-refractivity contribution < 1.29 is 23.5 Å². The fraction of sp³-hybridized carbons (Fsp3) is 0.190. The van der Waals surface area contributed by atoms with Crippen LogP contribution in [0.25, 0.3) is 6.08 Å². The first-order valence-electron chi connectivity index (χ1n) is 9.12. The molecule has 30 heavy (non-hydrogen) atoms. The summed E-state index contributed by atoms with van der Waals surface area (Å²) in [7, 11) is 0. The molecule has 156 valence electrons. The second kappa shape index (κ2) is 9.36. The van der Waals surface area contributed by atoms with Gasteiger partial charge in [0, 0.05) is 4.47 Å². The molecule has 1 aliphatic heterocycles. The highest BCUT2D eigenvalue weighted by atomic mass is 79.9. The van der Waals surface area contributed by atoms with Crippen molar-refractivity contribution in [3.8, 4) is 11.5 Å². The Balaban J connectivity index is 2.06. The van der Waals surface area contributed by atoms with Gasteiger partial charge in [-0.25, -0.2) is 9.29 Å². The maximum Gasteiger partial charge on any atom is 0.270 e. The van der Waals surface area contributed by atoms with Crippen LogP contribution in [0.5, 0.6) is 11.5 Å². The van der Waals surface area contributed by atoms with Gasteiger partial charge in [0.2, 0.25) is 0 Å². The summed E-state index contributed by atoms with van der Waals surface area (Å²) in [4.78, 5) is 26.5. The first-order chi connectivity index (χ1) is 14.4. The Kier molecular flexibility index (Phi) is 6.84. The van der Waals surface area contributed by atoms with Gasteiger partial charge in [0.1, 0.15) is 11.4 Å². The summed E-state index contributed by atoms with van der Waals surface area (Å²) in [6.45, 7) is 4.54. The number of benzene rings is 2. The predicted molar refractivity (Wildman–Crippen MR) is 119 cm³/mol. The van der Waals surface area contributed by atoms with Gasteiger partial charge in [-0.05, 0) is 62.0 Å². The van der Waals surface area contributed by atoms with Crippen LogP contribution in [0.15, 0.2) is 46.4 Å². The Morgan fingerprint density at radius 2 is 1.77 bits per heavy atom. The van der Waals surface area contributed by atoms with Crippen molar-refractivity contribution in [1.29, 1.82) is 0 Å². The number of rotatable bonds is 6. The molecule has 2 aromatic carbocycles. The number of amides is 2. The molecule has 1 heterocycles. The van der Waals surface area contributed by atoms with E-state index in [-0.39, 0.29) is 16.4 Å². The standard InChI is InChI=1S/C21H18BrFN2O4S/c1-3-28-17-10-12(14(22)11-18(17)29-4-2)9-13-19(26)24-21(30)25(20(13)27)16-8-6-5-7-15(16)23/h5-11H,3-4H2,1-2H3,(H,24,26,30)/b13-9+. The Labute approximate surface area is 186 Å². The number of carbonyl (C=O) groups excluding carboxylic acids is 2. The lowest BCUT2D eigenvalue weighted by molar-refractivity contribution is -0.122. The normalized spacial score (nSPS) is 15.4. The molecule has 0 bridgehead atoms. The Bertz CT molecular complexity index is 1060. The zero-order valence-corrected chi connectivity index (χ0v) is 18.6. The van der Waals surface area contributed by atoms with Crippen LogP contribution >= 0.6 is 28.1 Å². The van der Waals surface area contributed by atoms with Crippen LogP contribution in [0.4, 0.5) is 10.1 Å². The lowest BCUT2D eigenvalue weighted by Gasteiger charge is -2.29. The van der Waals surface area contributed by atoms with Crippen LogP contribution in [0.1, 0.15) is 19.4 Å². The van der Waals surface area contributed by atoms with Crippen LogP contribution in [-0.2, 0) is 9.59 Å². The summed E-state index contributed by atoms with van der Waals surface area (Å²) in [5, 5.41) is 2.25. The number of anilines is 1. The van der Waals surface area contributed by atoms with Gasteiger partial charge in [-0.1, -0.05) is 28.1 Å². The van der Waals surface area contributed by atoms with Crippen molar-refractivity contribution in [2.75, 3.05) is 18.1 Å². The SMILES string of the molecule is CCOc1cc(Br)c(/C=C2\C(=O)NC(=S)N(c3ccccc3F)C2=O)cc1OCC. The zero-order chi connectivity index (χ0) is 21.8. The molecule has 2 amide bonds. The van der Waals surface area contributed by atoms with Gasteiger partial charge in [-0.15, -0.1) is 0 Å². The second-order valence-corrected chi connectivity index (χ2v) is 7.34. The van der Waals surface area contributed by atoms with E-state index in [2.05, 4.69) is 21.2 Å². The number of thiocarbonyl (C=S) groups is 1. The van der Waals surface area contributed by atoms with E-state index in [0.717, 1.165) is 4.90 Å². The quantitative estimate of drug-likeness (QED) is 0.371. The second-order valence-electron chi connectivity index (χ2n) is 6.10. The number of ether oxygens (including phenoxy) is 2. The zero-order valence-electron chi connectivity index (χ0n) is 16.2. The van der Waals surface area contributed by atoms with E-state index < -0.39 is 17.6 Å². The van der Waals surface area contributed by atoms with Crippen molar-refractivity contribution in [2.24, 2.45) is 0 Å². The van der Waals surface area contributed by atoms with Gasteiger partial charge in [0.15, 0.2) is 16.6 Å². The molecule has 0 unspecified atom stereocenters. The molecule has 6 nitrogen and oxygen atoms in total. The van der Waals surface area contributed by atoms with Gasteiger partial charge in [-0.2, -0.15) is 0 Å². The van der Waals surface area contributed by atoms with Crippen LogP contribution in [0.2, 0.25) is 0 Å². The highest BCUT2D eigenvalue weighted by Gasteiger charge is 2.35. The third-order valence-corrected chi connectivity index (χ3v) is 5.13. The number of hydrogen-bond donors (Lipinski definition) is 1. The average Bonchev–Trinajstić information content (AvgIpc) is 2.69. The van der Waals surface area contributed by atoms with Crippen molar-refractivity contribution in [1.82, 2.24) is 5.32 Å². The van der Waals surface area contributed by atoms with Gasteiger partial charge >= 0.3 is 0 Å². The highest BCUT2D eigenvalue weighted by Crippen LogP contribution is 2.35. The number of hydrogen-bond acceptors (Lipinski definition) is 5. The third kappa shape index (κ3) is 4.36. The Hall–Kier alpha value is -2.78. The summed E-state index contributed by atoms with van der Waals surface area (Å²) in [6.07, 6.45) is 1.40. The molecule has 0 radical (unpaired) electrons. The molecule has 2 aromatic rings. The van der Waals surface area contributed by atoms with E-state index in [0.29, 0.717) is 34.7 Å². The maximum atomic E-state index is 14.3. The van der Waals surface area contributed by atoms with Gasteiger partial charge in [0.25, 0.3) is 11.8 Å². The fourth-order valence-electron chi connectivity index (χ4n) is 2.86. The molecule has 0 aliphatic carbocycles. The number of carbonyl (C=O) groups is 2. The van der Waals surface area contributed by atoms with Crippen LogP contribution < -0.4 is 19.7 Å². The Morgan fingerprint density at radius 3 is 2.40 bits per heavy atom. The lowest BCUT2D eigenvalue weighted by atomic mass is 10.1. The minimum absolute atomic E-state index is 0.0424. The van der Waals surface area contributed by atoms with Crippen LogP contribution in [0, 0.1) is 5.82 Å². The molecule has 1 aliphatic rings. The highest BCUT2D eigenvalue weighted by molar-refractivity contribution is 9.10. The lowest BCUT2D eigenvalue weighted by Crippen LogP contribution is -2.54. The molecule has 1 fully saturated rings. The number of para-hydroxylation sites is 1. The monoisotopic (exact) mass is 492 g/mol.